The zero-order valence-electron chi connectivity index (χ0n) is 13.9. The summed E-state index contributed by atoms with van der Waals surface area (Å²) in [5.74, 6) is -0.864. The Kier molecular flexibility index (Phi) is 8.36. The Balaban J connectivity index is 0.000000816. The molecule has 1 amide bonds. The molecule has 4 N–H and O–H groups in total. The largest absolute Gasteiger partial charge is 0.462 e. The Morgan fingerprint density at radius 1 is 1.39 bits per heavy atom. The number of ether oxygens (including phenoxy) is 2. The fourth-order valence-corrected chi connectivity index (χ4v) is 2.19. The van der Waals surface area contributed by atoms with Crippen LogP contribution in [0.1, 0.15) is 39.5 Å². The number of esters is 1. The van der Waals surface area contributed by atoms with Crippen LogP contribution in [-0.2, 0) is 19.1 Å². The molecule has 1 saturated heterocycles. The maximum atomic E-state index is 11.2. The van der Waals surface area contributed by atoms with Crippen LogP contribution in [0.2, 0.25) is 0 Å². The Labute approximate surface area is 137 Å². The smallest absolute Gasteiger partial charge is 0.319 e. The lowest BCUT2D eigenvalue weighted by atomic mass is 10.1. The molecule has 0 spiro atoms. The molecule has 130 valence electrons. The van der Waals surface area contributed by atoms with Crippen LogP contribution in [0.4, 0.5) is 0 Å². The minimum atomic E-state index is -0.439. The van der Waals surface area contributed by atoms with Crippen molar-refractivity contribution in [3.63, 3.8) is 0 Å². The molecule has 7 nitrogen and oxygen atoms in total. The molecule has 2 unspecified atom stereocenters. The minimum Gasteiger partial charge on any atom is -0.462 e. The molecule has 2 rings (SSSR count). The zero-order chi connectivity index (χ0) is 17.2. The van der Waals surface area contributed by atoms with E-state index in [0.29, 0.717) is 12.0 Å². The highest BCUT2D eigenvalue weighted by molar-refractivity contribution is 5.92. The van der Waals surface area contributed by atoms with E-state index >= 15 is 0 Å². The van der Waals surface area contributed by atoms with Crippen LogP contribution in [0, 0.1) is 0 Å². The highest BCUT2D eigenvalue weighted by atomic mass is 16.6. The molecule has 2 heterocycles. The van der Waals surface area contributed by atoms with Gasteiger partial charge in [-0.1, -0.05) is 26.3 Å². The number of primary amides is 1. The number of allylic oxidation sites excluding steroid dienone is 1. The molecule has 2 aliphatic heterocycles. The monoisotopic (exact) mass is 325 g/mol. The summed E-state index contributed by atoms with van der Waals surface area (Å²) in [6, 6.07) is 0. The van der Waals surface area contributed by atoms with Crippen molar-refractivity contribution in [1.82, 2.24) is 4.90 Å². The number of carbonyl (C=O) groups excluding carboxylic acids is 2. The minimum absolute atomic E-state index is 0.129. The third-order valence-corrected chi connectivity index (χ3v) is 3.25. The van der Waals surface area contributed by atoms with E-state index in [1.54, 1.807) is 6.20 Å². The summed E-state index contributed by atoms with van der Waals surface area (Å²) in [4.78, 5) is 24.0. The standard InChI is InChI=1S/C13H19N3O4.C3H8/c14-6-12(17)19-8-10-3-4-11(20-10)16-5-1-2-9(7-16)13(15)18;1-3-2/h1,5,7,10-11H,2-4,6,8,14H2,(H2,15,18);3H2,1-2H3. The van der Waals surface area contributed by atoms with Crippen molar-refractivity contribution in [3.8, 4) is 0 Å². The van der Waals surface area contributed by atoms with Crippen LogP contribution in [0.15, 0.2) is 24.0 Å². The average molecular weight is 325 g/mol. The number of carbonyl (C=O) groups is 2. The molecule has 0 aromatic carbocycles. The summed E-state index contributed by atoms with van der Waals surface area (Å²) in [6.45, 7) is 4.33. The first-order valence-electron chi connectivity index (χ1n) is 7.97. The summed E-state index contributed by atoms with van der Waals surface area (Å²) in [7, 11) is 0. The summed E-state index contributed by atoms with van der Waals surface area (Å²) < 4.78 is 10.7. The molecular formula is C16H27N3O4. The highest BCUT2D eigenvalue weighted by Gasteiger charge is 2.30. The maximum absolute atomic E-state index is 11.2. The molecule has 0 aromatic rings. The molecule has 7 heteroatoms. The predicted molar refractivity (Wildman–Crippen MR) is 86.7 cm³/mol. The second-order valence-corrected chi connectivity index (χ2v) is 5.44. The van der Waals surface area contributed by atoms with Crippen molar-refractivity contribution in [1.29, 1.82) is 0 Å². The summed E-state index contributed by atoms with van der Waals surface area (Å²) in [6.07, 6.45) is 8.50. The van der Waals surface area contributed by atoms with Crippen LogP contribution >= 0.6 is 0 Å². The van der Waals surface area contributed by atoms with Gasteiger partial charge >= 0.3 is 5.97 Å². The topological polar surface area (TPSA) is 108 Å². The van der Waals surface area contributed by atoms with Gasteiger partial charge in [0.15, 0.2) is 0 Å². The van der Waals surface area contributed by atoms with Crippen LogP contribution in [0.5, 0.6) is 0 Å². The maximum Gasteiger partial charge on any atom is 0.319 e. The zero-order valence-corrected chi connectivity index (χ0v) is 13.9. The summed E-state index contributed by atoms with van der Waals surface area (Å²) in [5, 5.41) is 0. The Morgan fingerprint density at radius 3 is 2.70 bits per heavy atom. The second-order valence-electron chi connectivity index (χ2n) is 5.44. The molecule has 2 aliphatic rings. The number of amides is 1. The van der Waals surface area contributed by atoms with Gasteiger partial charge in [0.2, 0.25) is 5.91 Å². The van der Waals surface area contributed by atoms with Crippen LogP contribution < -0.4 is 11.5 Å². The molecule has 1 fully saturated rings. The molecule has 2 atom stereocenters. The molecule has 23 heavy (non-hydrogen) atoms. The fraction of sp³-hybridized carbons (Fsp3) is 0.625. The van der Waals surface area contributed by atoms with Crippen LogP contribution in [-0.4, -0.2) is 42.3 Å². The number of nitrogens with two attached hydrogens (primary N) is 2. The van der Waals surface area contributed by atoms with E-state index in [0.717, 1.165) is 12.8 Å². The van der Waals surface area contributed by atoms with E-state index in [9.17, 15) is 9.59 Å². The van der Waals surface area contributed by atoms with Gasteiger partial charge in [-0.15, -0.1) is 0 Å². The number of hydrogen-bond donors (Lipinski definition) is 2. The van der Waals surface area contributed by atoms with Gasteiger partial charge in [-0.3, -0.25) is 9.59 Å². The van der Waals surface area contributed by atoms with Gasteiger partial charge < -0.3 is 25.8 Å². The van der Waals surface area contributed by atoms with E-state index in [1.165, 1.54) is 6.42 Å². The predicted octanol–water partition coefficient (Wildman–Crippen LogP) is 0.998. The lowest BCUT2D eigenvalue weighted by Gasteiger charge is -2.27. The Morgan fingerprint density at radius 2 is 2.09 bits per heavy atom. The Bertz CT molecular complexity index is 462. The first-order valence-corrected chi connectivity index (χ1v) is 7.97. The van der Waals surface area contributed by atoms with Crippen molar-refractivity contribution in [3.05, 3.63) is 24.0 Å². The van der Waals surface area contributed by atoms with Gasteiger partial charge in [-0.25, -0.2) is 0 Å². The third-order valence-electron chi connectivity index (χ3n) is 3.25. The first-order chi connectivity index (χ1) is 11.0. The van der Waals surface area contributed by atoms with E-state index in [-0.39, 0.29) is 25.5 Å². The van der Waals surface area contributed by atoms with Gasteiger partial charge in [0, 0.05) is 18.0 Å². The van der Waals surface area contributed by atoms with Crippen molar-refractivity contribution in [2.24, 2.45) is 11.5 Å². The SMILES string of the molecule is CCC.NCC(=O)OCC1CCC(N2C=CCC(C(N)=O)=C2)O1. The lowest BCUT2D eigenvalue weighted by Crippen LogP contribution is -2.31. The Hall–Kier alpha value is -1.86. The number of hydrogen-bond acceptors (Lipinski definition) is 6. The molecule has 0 saturated carbocycles. The molecule has 0 aromatic heterocycles. The molecule has 0 aliphatic carbocycles. The lowest BCUT2D eigenvalue weighted by molar-refractivity contribution is -0.147. The van der Waals surface area contributed by atoms with Crippen molar-refractivity contribution in [2.45, 2.75) is 51.9 Å². The number of nitrogens with zero attached hydrogens (tertiary/aromatic N) is 1. The van der Waals surface area contributed by atoms with Crippen molar-refractivity contribution >= 4 is 11.9 Å². The first kappa shape index (κ1) is 19.2. The van der Waals surface area contributed by atoms with Gasteiger partial charge in [0.1, 0.15) is 12.8 Å². The van der Waals surface area contributed by atoms with Gasteiger partial charge in [0.05, 0.1) is 12.6 Å². The van der Waals surface area contributed by atoms with E-state index < -0.39 is 11.9 Å². The molecule has 0 bridgehead atoms. The summed E-state index contributed by atoms with van der Waals surface area (Å²) >= 11 is 0. The van der Waals surface area contributed by atoms with Crippen molar-refractivity contribution < 1.29 is 19.1 Å². The molecular weight excluding hydrogens is 298 g/mol. The van der Waals surface area contributed by atoms with E-state index in [2.05, 4.69) is 13.8 Å². The van der Waals surface area contributed by atoms with E-state index in [4.69, 9.17) is 20.9 Å². The third kappa shape index (κ3) is 6.42. The van der Waals surface area contributed by atoms with Crippen LogP contribution in [0.25, 0.3) is 0 Å². The van der Waals surface area contributed by atoms with Gasteiger partial charge in [0.25, 0.3) is 0 Å². The van der Waals surface area contributed by atoms with Gasteiger partial charge in [-0.05, 0) is 19.3 Å². The second kappa shape index (κ2) is 10.0. The van der Waals surface area contributed by atoms with Gasteiger partial charge in [-0.2, -0.15) is 0 Å². The highest BCUT2D eigenvalue weighted by Crippen LogP contribution is 2.26. The summed E-state index contributed by atoms with van der Waals surface area (Å²) in [5.41, 5.74) is 11.0. The normalized spacial score (nSPS) is 22.9. The van der Waals surface area contributed by atoms with Crippen molar-refractivity contribution in [2.75, 3.05) is 13.2 Å². The number of rotatable bonds is 5. The fourth-order valence-electron chi connectivity index (χ4n) is 2.19. The molecule has 0 radical (unpaired) electrons. The quantitative estimate of drug-likeness (QED) is 0.730. The van der Waals surface area contributed by atoms with E-state index in [1.807, 2.05) is 17.2 Å². The average Bonchev–Trinajstić information content (AvgIpc) is 3.02. The van der Waals surface area contributed by atoms with Crippen LogP contribution in [0.3, 0.4) is 0 Å².